The topological polar surface area (TPSA) is 99.3 Å². The van der Waals surface area contributed by atoms with Crippen molar-refractivity contribution in [2.45, 2.75) is 13.3 Å². The molecule has 1 aromatic heterocycles. The van der Waals surface area contributed by atoms with Crippen molar-refractivity contribution in [3.05, 3.63) is 33.7 Å². The van der Waals surface area contributed by atoms with Crippen molar-refractivity contribution >= 4 is 15.9 Å². The zero-order chi connectivity index (χ0) is 15.6. The minimum atomic E-state index is -3.17. The number of aromatic nitrogens is 1. The lowest BCUT2D eigenvalue weighted by atomic mass is 10.1. The van der Waals surface area contributed by atoms with Crippen LogP contribution in [0.2, 0.25) is 0 Å². The van der Waals surface area contributed by atoms with Gasteiger partial charge in [0.05, 0.1) is 6.26 Å². The van der Waals surface area contributed by atoms with E-state index in [0.29, 0.717) is 31.6 Å². The molecule has 2 rings (SSSR count). The van der Waals surface area contributed by atoms with Gasteiger partial charge in [-0.1, -0.05) is 0 Å². The Hall–Kier alpha value is -1.67. The second-order valence-corrected chi connectivity index (χ2v) is 7.35. The molecule has 0 radical (unpaired) electrons. The summed E-state index contributed by atoms with van der Waals surface area (Å²) in [4.78, 5) is 26.6. The van der Waals surface area contributed by atoms with Gasteiger partial charge < -0.3 is 10.3 Å². The molecule has 0 aromatic carbocycles. The molecule has 21 heavy (non-hydrogen) atoms. The van der Waals surface area contributed by atoms with Crippen LogP contribution < -0.4 is 10.7 Å². The molecule has 1 fully saturated rings. The highest BCUT2D eigenvalue weighted by atomic mass is 32.2. The number of rotatable bonds is 4. The Bertz CT molecular complexity index is 696. The summed E-state index contributed by atoms with van der Waals surface area (Å²) in [5, 5.41) is 2.70. The van der Waals surface area contributed by atoms with E-state index in [4.69, 9.17) is 0 Å². The fourth-order valence-electron chi connectivity index (χ4n) is 2.36. The summed E-state index contributed by atoms with van der Waals surface area (Å²) in [6.07, 6.45) is 4.81. The van der Waals surface area contributed by atoms with E-state index in [1.807, 2.05) is 0 Å². The van der Waals surface area contributed by atoms with Gasteiger partial charge in [0.25, 0.3) is 5.91 Å². The van der Waals surface area contributed by atoms with Crippen LogP contribution in [0.1, 0.15) is 22.3 Å². The van der Waals surface area contributed by atoms with Crippen LogP contribution in [-0.4, -0.2) is 49.5 Å². The van der Waals surface area contributed by atoms with Gasteiger partial charge in [-0.2, -0.15) is 0 Å². The molecule has 8 heteroatoms. The third kappa shape index (κ3) is 3.70. The summed E-state index contributed by atoms with van der Waals surface area (Å²) in [5.41, 5.74) is 0.259. The average Bonchev–Trinajstić information content (AvgIpc) is 2.88. The van der Waals surface area contributed by atoms with Gasteiger partial charge in [0.2, 0.25) is 10.0 Å². The molecule has 0 saturated carbocycles. The lowest BCUT2D eigenvalue weighted by molar-refractivity contribution is 0.0946. The van der Waals surface area contributed by atoms with Crippen LogP contribution in [0.15, 0.2) is 17.2 Å². The Balaban J connectivity index is 1.94. The molecule has 1 aromatic rings. The standard InChI is InChI=1S/C13H19N3O4S/c1-9-5-14-7-11(12(9)17)13(18)15-6-10-3-4-16(8-10)21(2,19)20/h5,7,10H,3-4,6,8H2,1-2H3,(H,14,17)(H,15,18). The van der Waals surface area contributed by atoms with Crippen molar-refractivity contribution in [2.75, 3.05) is 25.9 Å². The van der Waals surface area contributed by atoms with Gasteiger partial charge in [-0.15, -0.1) is 0 Å². The lowest BCUT2D eigenvalue weighted by Gasteiger charge is -2.13. The number of carbonyl (C=O) groups excluding carboxylic acids is 1. The zero-order valence-electron chi connectivity index (χ0n) is 12.0. The van der Waals surface area contributed by atoms with Crippen LogP contribution in [-0.2, 0) is 10.0 Å². The maximum absolute atomic E-state index is 12.0. The molecule has 1 saturated heterocycles. The Morgan fingerprint density at radius 3 is 2.81 bits per heavy atom. The summed E-state index contributed by atoms with van der Waals surface area (Å²) >= 11 is 0. The van der Waals surface area contributed by atoms with Crippen LogP contribution in [0.5, 0.6) is 0 Å². The SMILES string of the molecule is Cc1c[nH]cc(C(=O)NCC2CCN(S(C)(=O)=O)C2)c1=O. The monoisotopic (exact) mass is 313 g/mol. The number of H-pyrrole nitrogens is 1. The van der Waals surface area contributed by atoms with E-state index in [0.717, 1.165) is 0 Å². The number of pyridine rings is 1. The van der Waals surface area contributed by atoms with Crippen LogP contribution in [0.3, 0.4) is 0 Å². The first-order chi connectivity index (χ1) is 9.79. The molecule has 1 atom stereocenters. The lowest BCUT2D eigenvalue weighted by Crippen LogP contribution is -2.34. The molecule has 1 aliphatic heterocycles. The van der Waals surface area contributed by atoms with Gasteiger partial charge in [-0.3, -0.25) is 9.59 Å². The molecule has 0 bridgehead atoms. The van der Waals surface area contributed by atoms with Crippen molar-refractivity contribution in [3.63, 3.8) is 0 Å². The summed E-state index contributed by atoms with van der Waals surface area (Å²) in [6, 6.07) is 0. The second kappa shape index (κ2) is 5.98. The molecule has 0 aliphatic carbocycles. The Kier molecular flexibility index (Phi) is 4.48. The van der Waals surface area contributed by atoms with E-state index in [1.54, 1.807) is 13.1 Å². The van der Waals surface area contributed by atoms with E-state index in [2.05, 4.69) is 10.3 Å². The van der Waals surface area contributed by atoms with E-state index in [-0.39, 0.29) is 16.9 Å². The van der Waals surface area contributed by atoms with Crippen molar-refractivity contribution < 1.29 is 13.2 Å². The Labute approximate surface area is 123 Å². The molecule has 7 nitrogen and oxygen atoms in total. The largest absolute Gasteiger partial charge is 0.366 e. The number of hydrogen-bond donors (Lipinski definition) is 2. The molecule has 1 amide bonds. The highest BCUT2D eigenvalue weighted by molar-refractivity contribution is 7.88. The summed E-state index contributed by atoms with van der Waals surface area (Å²) < 4.78 is 24.2. The number of aryl methyl sites for hydroxylation is 1. The highest BCUT2D eigenvalue weighted by Gasteiger charge is 2.28. The smallest absolute Gasteiger partial charge is 0.256 e. The normalized spacial score (nSPS) is 19.6. The fourth-order valence-corrected chi connectivity index (χ4v) is 3.28. The summed E-state index contributed by atoms with van der Waals surface area (Å²) in [5.74, 6) is -0.356. The van der Waals surface area contributed by atoms with Gasteiger partial charge in [0.15, 0.2) is 5.43 Å². The van der Waals surface area contributed by atoms with E-state index in [9.17, 15) is 18.0 Å². The van der Waals surface area contributed by atoms with Crippen molar-refractivity contribution in [1.29, 1.82) is 0 Å². The van der Waals surface area contributed by atoms with E-state index in [1.165, 1.54) is 16.8 Å². The number of aromatic amines is 1. The molecule has 2 N–H and O–H groups in total. The van der Waals surface area contributed by atoms with Gasteiger partial charge in [0, 0.05) is 37.6 Å². The van der Waals surface area contributed by atoms with Crippen molar-refractivity contribution in [1.82, 2.24) is 14.6 Å². The molecule has 116 valence electrons. The van der Waals surface area contributed by atoms with Crippen LogP contribution >= 0.6 is 0 Å². The molecule has 0 spiro atoms. The van der Waals surface area contributed by atoms with Gasteiger partial charge in [-0.05, 0) is 19.3 Å². The number of nitrogens with one attached hydrogen (secondary N) is 2. The van der Waals surface area contributed by atoms with Crippen molar-refractivity contribution in [3.8, 4) is 0 Å². The molecular weight excluding hydrogens is 294 g/mol. The Morgan fingerprint density at radius 1 is 1.48 bits per heavy atom. The molecular formula is C13H19N3O4S. The van der Waals surface area contributed by atoms with Crippen LogP contribution in [0, 0.1) is 12.8 Å². The maximum Gasteiger partial charge on any atom is 0.256 e. The number of nitrogens with zero attached hydrogens (tertiary/aromatic N) is 1. The predicted octanol–water partition coefficient (Wildman–Crippen LogP) is -0.305. The predicted molar refractivity (Wildman–Crippen MR) is 78.7 cm³/mol. The first-order valence-corrected chi connectivity index (χ1v) is 8.55. The quantitative estimate of drug-likeness (QED) is 0.797. The minimum Gasteiger partial charge on any atom is -0.366 e. The van der Waals surface area contributed by atoms with Gasteiger partial charge in [0.1, 0.15) is 5.56 Å². The van der Waals surface area contributed by atoms with E-state index >= 15 is 0 Å². The number of sulfonamides is 1. The van der Waals surface area contributed by atoms with Crippen LogP contribution in [0.4, 0.5) is 0 Å². The van der Waals surface area contributed by atoms with Gasteiger partial charge in [-0.25, -0.2) is 12.7 Å². The molecule has 2 heterocycles. The third-order valence-electron chi connectivity index (χ3n) is 3.64. The van der Waals surface area contributed by atoms with Crippen molar-refractivity contribution in [2.24, 2.45) is 5.92 Å². The maximum atomic E-state index is 12.0. The number of carbonyl (C=O) groups is 1. The molecule has 1 unspecified atom stereocenters. The average molecular weight is 313 g/mol. The van der Waals surface area contributed by atoms with Crippen LogP contribution in [0.25, 0.3) is 0 Å². The fraction of sp³-hybridized carbons (Fsp3) is 0.538. The highest BCUT2D eigenvalue weighted by Crippen LogP contribution is 2.17. The van der Waals surface area contributed by atoms with E-state index < -0.39 is 15.9 Å². The summed E-state index contributed by atoms with van der Waals surface area (Å²) in [6.45, 7) is 2.88. The first-order valence-electron chi connectivity index (χ1n) is 6.70. The second-order valence-electron chi connectivity index (χ2n) is 5.37. The first kappa shape index (κ1) is 15.7. The third-order valence-corrected chi connectivity index (χ3v) is 4.91. The zero-order valence-corrected chi connectivity index (χ0v) is 12.9. The number of amides is 1. The molecule has 1 aliphatic rings. The van der Waals surface area contributed by atoms with Gasteiger partial charge >= 0.3 is 0 Å². The Morgan fingerprint density at radius 2 is 2.19 bits per heavy atom. The summed E-state index contributed by atoms with van der Waals surface area (Å²) in [7, 11) is -3.17. The minimum absolute atomic E-state index is 0.0764. The number of hydrogen-bond acceptors (Lipinski definition) is 4.